The van der Waals surface area contributed by atoms with Gasteiger partial charge in [-0.1, -0.05) is 23.7 Å². The Labute approximate surface area is 134 Å². The molecule has 2 aromatic rings. The van der Waals surface area contributed by atoms with Crippen LogP contribution in [0.1, 0.15) is 18.4 Å². The van der Waals surface area contributed by atoms with E-state index in [9.17, 15) is 4.79 Å². The van der Waals surface area contributed by atoms with Crippen LogP contribution in [0.2, 0.25) is 5.02 Å². The monoisotopic (exact) mass is 316 g/mol. The molecule has 1 saturated carbocycles. The third-order valence-electron chi connectivity index (χ3n) is 3.84. The fourth-order valence-corrected chi connectivity index (χ4v) is 2.67. The van der Waals surface area contributed by atoms with E-state index in [1.54, 1.807) is 18.6 Å². The van der Waals surface area contributed by atoms with Crippen LogP contribution in [0.25, 0.3) is 0 Å². The second kappa shape index (κ2) is 6.32. The first-order valence-corrected chi connectivity index (χ1v) is 7.63. The van der Waals surface area contributed by atoms with Gasteiger partial charge >= 0.3 is 0 Å². The highest BCUT2D eigenvalue weighted by molar-refractivity contribution is 6.30. The minimum Gasteiger partial charge on any atom is -0.367 e. The first kappa shape index (κ1) is 14.8. The Kier molecular flexibility index (Phi) is 4.24. The summed E-state index contributed by atoms with van der Waals surface area (Å²) in [5.74, 6) is 0.767. The number of rotatable bonds is 6. The summed E-state index contributed by atoms with van der Waals surface area (Å²) in [4.78, 5) is 20.5. The summed E-state index contributed by atoms with van der Waals surface area (Å²) >= 11 is 6.02. The molecule has 114 valence electrons. The molecule has 0 bridgehead atoms. The maximum absolute atomic E-state index is 12.4. The van der Waals surface area contributed by atoms with Crippen LogP contribution in [-0.4, -0.2) is 29.0 Å². The molecule has 1 heterocycles. The lowest BCUT2D eigenvalue weighted by atomic mass is 9.95. The lowest BCUT2D eigenvalue weighted by molar-refractivity contribution is -0.123. The topological polar surface area (TPSA) is 66.9 Å². The van der Waals surface area contributed by atoms with Gasteiger partial charge in [0.1, 0.15) is 5.82 Å². The highest BCUT2D eigenvalue weighted by atomic mass is 35.5. The zero-order valence-electron chi connectivity index (χ0n) is 12.1. The molecule has 1 aliphatic rings. The van der Waals surface area contributed by atoms with E-state index >= 15 is 0 Å². The second-order valence-corrected chi connectivity index (χ2v) is 5.80. The summed E-state index contributed by atoms with van der Waals surface area (Å²) in [6.07, 6.45) is 6.64. The average Bonchev–Trinajstić information content (AvgIpc) is 3.34. The zero-order chi connectivity index (χ0) is 15.4. The highest BCUT2D eigenvalue weighted by Crippen LogP contribution is 2.48. The number of carbonyl (C=O) groups excluding carboxylic acids is 1. The van der Waals surface area contributed by atoms with Gasteiger partial charge in [-0.25, -0.2) is 4.98 Å². The van der Waals surface area contributed by atoms with E-state index in [0.29, 0.717) is 23.9 Å². The van der Waals surface area contributed by atoms with Crippen molar-refractivity contribution in [2.24, 2.45) is 0 Å². The van der Waals surface area contributed by atoms with Gasteiger partial charge in [0.25, 0.3) is 0 Å². The number of hydrogen-bond donors (Lipinski definition) is 2. The molecule has 0 atom stereocenters. The molecule has 1 aromatic carbocycles. The van der Waals surface area contributed by atoms with Gasteiger partial charge in [0.15, 0.2) is 0 Å². The summed E-state index contributed by atoms with van der Waals surface area (Å²) in [6, 6.07) is 7.56. The Morgan fingerprint density at radius 3 is 2.82 bits per heavy atom. The van der Waals surface area contributed by atoms with Gasteiger partial charge in [-0.05, 0) is 30.5 Å². The van der Waals surface area contributed by atoms with Crippen LogP contribution >= 0.6 is 11.6 Å². The van der Waals surface area contributed by atoms with Gasteiger partial charge in [0.05, 0.1) is 11.6 Å². The van der Waals surface area contributed by atoms with Crippen molar-refractivity contribution >= 4 is 23.3 Å². The fraction of sp³-hybridized carbons (Fsp3) is 0.312. The highest BCUT2D eigenvalue weighted by Gasteiger charge is 2.51. The lowest BCUT2D eigenvalue weighted by Gasteiger charge is -2.16. The molecule has 1 aromatic heterocycles. The van der Waals surface area contributed by atoms with Crippen LogP contribution < -0.4 is 10.6 Å². The van der Waals surface area contributed by atoms with E-state index in [0.717, 1.165) is 18.4 Å². The minimum absolute atomic E-state index is 0.0655. The van der Waals surface area contributed by atoms with Crippen molar-refractivity contribution in [1.29, 1.82) is 0 Å². The van der Waals surface area contributed by atoms with Crippen LogP contribution in [0.4, 0.5) is 5.82 Å². The Balaban J connectivity index is 1.52. The van der Waals surface area contributed by atoms with Crippen molar-refractivity contribution in [2.45, 2.75) is 18.3 Å². The fourth-order valence-electron chi connectivity index (χ4n) is 2.48. The lowest BCUT2D eigenvalue weighted by Crippen LogP contribution is -2.37. The molecule has 0 unspecified atom stereocenters. The smallest absolute Gasteiger partial charge is 0.230 e. The molecule has 6 heteroatoms. The van der Waals surface area contributed by atoms with Crippen LogP contribution in [0, 0.1) is 0 Å². The molecular weight excluding hydrogens is 300 g/mol. The van der Waals surface area contributed by atoms with Crippen LogP contribution in [-0.2, 0) is 10.2 Å². The Bertz CT molecular complexity index is 658. The molecule has 1 aliphatic carbocycles. The molecule has 2 N–H and O–H groups in total. The molecule has 0 saturated heterocycles. The first-order valence-electron chi connectivity index (χ1n) is 7.25. The van der Waals surface area contributed by atoms with Crippen molar-refractivity contribution in [1.82, 2.24) is 15.3 Å². The number of carbonyl (C=O) groups is 1. The van der Waals surface area contributed by atoms with Gasteiger partial charge in [0.2, 0.25) is 5.91 Å². The number of hydrogen-bond acceptors (Lipinski definition) is 4. The number of anilines is 1. The molecule has 1 fully saturated rings. The predicted octanol–water partition coefficient (Wildman–Crippen LogP) is 2.39. The molecule has 0 radical (unpaired) electrons. The molecular formula is C16H17ClN4O. The van der Waals surface area contributed by atoms with Crippen LogP contribution in [0.5, 0.6) is 0 Å². The SMILES string of the molecule is O=C(NCCNc1cnccn1)C1(c2cccc(Cl)c2)CC1. The number of aromatic nitrogens is 2. The summed E-state index contributed by atoms with van der Waals surface area (Å²) in [7, 11) is 0. The molecule has 0 spiro atoms. The van der Waals surface area contributed by atoms with E-state index in [1.165, 1.54) is 0 Å². The Morgan fingerprint density at radius 1 is 1.27 bits per heavy atom. The predicted molar refractivity (Wildman–Crippen MR) is 85.9 cm³/mol. The number of nitrogens with one attached hydrogen (secondary N) is 2. The Morgan fingerprint density at radius 2 is 2.14 bits per heavy atom. The standard InChI is InChI=1S/C16H17ClN4O/c17-13-3-1-2-12(10-13)16(4-5-16)15(22)21-9-8-20-14-11-18-6-7-19-14/h1-3,6-7,10-11H,4-5,8-9H2,(H,19,20)(H,21,22). The van der Waals surface area contributed by atoms with Crippen molar-refractivity contribution in [3.05, 3.63) is 53.4 Å². The van der Waals surface area contributed by atoms with Gasteiger partial charge in [0, 0.05) is 30.5 Å². The normalized spacial score (nSPS) is 15.1. The summed E-state index contributed by atoms with van der Waals surface area (Å²) in [6.45, 7) is 1.15. The number of amides is 1. The maximum Gasteiger partial charge on any atom is 0.230 e. The van der Waals surface area contributed by atoms with Crippen LogP contribution in [0.15, 0.2) is 42.9 Å². The van der Waals surface area contributed by atoms with E-state index in [-0.39, 0.29) is 5.91 Å². The molecule has 1 amide bonds. The third kappa shape index (κ3) is 3.20. The van der Waals surface area contributed by atoms with Crippen LogP contribution in [0.3, 0.4) is 0 Å². The largest absolute Gasteiger partial charge is 0.367 e. The summed E-state index contributed by atoms with van der Waals surface area (Å²) < 4.78 is 0. The molecule has 22 heavy (non-hydrogen) atoms. The number of nitrogens with zero attached hydrogens (tertiary/aromatic N) is 2. The van der Waals surface area contributed by atoms with Crippen molar-refractivity contribution in [3.63, 3.8) is 0 Å². The third-order valence-corrected chi connectivity index (χ3v) is 4.08. The maximum atomic E-state index is 12.4. The van der Waals surface area contributed by atoms with Gasteiger partial charge in [-0.3, -0.25) is 9.78 Å². The average molecular weight is 317 g/mol. The number of benzene rings is 1. The van der Waals surface area contributed by atoms with Gasteiger partial charge < -0.3 is 10.6 Å². The second-order valence-electron chi connectivity index (χ2n) is 5.37. The quantitative estimate of drug-likeness (QED) is 0.803. The van der Waals surface area contributed by atoms with Gasteiger partial charge in [-0.2, -0.15) is 0 Å². The molecule has 3 rings (SSSR count). The Hall–Kier alpha value is -2.14. The first-order chi connectivity index (χ1) is 10.7. The van der Waals surface area contributed by atoms with Crippen molar-refractivity contribution in [3.8, 4) is 0 Å². The summed E-state index contributed by atoms with van der Waals surface area (Å²) in [5, 5.41) is 6.76. The van der Waals surface area contributed by atoms with Gasteiger partial charge in [-0.15, -0.1) is 0 Å². The minimum atomic E-state index is -0.391. The van der Waals surface area contributed by atoms with Crippen molar-refractivity contribution < 1.29 is 4.79 Å². The van der Waals surface area contributed by atoms with E-state index < -0.39 is 5.41 Å². The van der Waals surface area contributed by atoms with E-state index in [1.807, 2.05) is 24.3 Å². The molecule has 0 aliphatic heterocycles. The molecule has 5 nitrogen and oxygen atoms in total. The summed E-state index contributed by atoms with van der Waals surface area (Å²) in [5.41, 5.74) is 0.608. The van der Waals surface area contributed by atoms with E-state index in [4.69, 9.17) is 11.6 Å². The van der Waals surface area contributed by atoms with Crippen molar-refractivity contribution in [2.75, 3.05) is 18.4 Å². The number of halogens is 1. The zero-order valence-corrected chi connectivity index (χ0v) is 12.8. The van der Waals surface area contributed by atoms with E-state index in [2.05, 4.69) is 20.6 Å².